The summed E-state index contributed by atoms with van der Waals surface area (Å²) in [7, 11) is 0. The number of aromatic amines is 1. The van der Waals surface area contributed by atoms with Gasteiger partial charge >= 0.3 is 5.97 Å². The Morgan fingerprint density at radius 1 is 1.64 bits per heavy atom. The molecule has 0 aliphatic carbocycles. The molecule has 5 nitrogen and oxygen atoms in total. The van der Waals surface area contributed by atoms with Crippen molar-refractivity contribution in [3.05, 3.63) is 22.5 Å². The molecule has 0 unspecified atom stereocenters. The van der Waals surface area contributed by atoms with Gasteiger partial charge in [-0.05, 0) is 6.92 Å². The Labute approximate surface area is 83.7 Å². The number of nitrogens with zero attached hydrogens (tertiary/aromatic N) is 2. The summed E-state index contributed by atoms with van der Waals surface area (Å²) < 4.78 is 0. The number of rotatable bonds is 1. The Bertz CT molecular complexity index is 521. The number of H-pyrrole nitrogens is 1. The molecule has 6 heteroatoms. The molecular weight excluding hydrogens is 206 g/mol. The van der Waals surface area contributed by atoms with Gasteiger partial charge in [-0.15, -0.1) is 0 Å². The van der Waals surface area contributed by atoms with Crippen LogP contribution in [-0.4, -0.2) is 26.3 Å². The molecule has 2 aromatic heterocycles. The van der Waals surface area contributed by atoms with Crippen LogP contribution >= 0.6 is 11.6 Å². The Morgan fingerprint density at radius 3 is 3.00 bits per heavy atom. The summed E-state index contributed by atoms with van der Waals surface area (Å²) in [6.45, 7) is 1.76. The van der Waals surface area contributed by atoms with Crippen molar-refractivity contribution in [3.63, 3.8) is 0 Å². The van der Waals surface area contributed by atoms with Crippen LogP contribution in [0.3, 0.4) is 0 Å². The summed E-state index contributed by atoms with van der Waals surface area (Å²) in [6, 6.07) is 0. The number of halogens is 1. The summed E-state index contributed by atoms with van der Waals surface area (Å²) in [5, 5.41) is 16.1. The Morgan fingerprint density at radius 2 is 2.36 bits per heavy atom. The Kier molecular flexibility index (Phi) is 1.89. The molecule has 0 fully saturated rings. The number of carboxylic acids is 1. The normalized spacial score (nSPS) is 10.7. The lowest BCUT2D eigenvalue weighted by molar-refractivity contribution is 0.0697. The average Bonchev–Trinajstić information content (AvgIpc) is 2.48. The molecule has 0 amide bonds. The molecule has 0 aliphatic heterocycles. The second-order valence-corrected chi connectivity index (χ2v) is 3.22. The van der Waals surface area contributed by atoms with Crippen molar-refractivity contribution in [2.45, 2.75) is 6.92 Å². The van der Waals surface area contributed by atoms with Crippen molar-refractivity contribution in [3.8, 4) is 0 Å². The van der Waals surface area contributed by atoms with Gasteiger partial charge in [-0.1, -0.05) is 11.6 Å². The molecule has 0 atom stereocenters. The number of aryl methyl sites for hydroxylation is 1. The van der Waals surface area contributed by atoms with Crippen LogP contribution in [0.1, 0.15) is 16.1 Å². The minimum Gasteiger partial charge on any atom is -0.478 e. The highest BCUT2D eigenvalue weighted by Crippen LogP contribution is 2.26. The van der Waals surface area contributed by atoms with Gasteiger partial charge in [0.2, 0.25) is 0 Å². The fourth-order valence-corrected chi connectivity index (χ4v) is 1.59. The molecule has 0 bridgehead atoms. The number of carbonyl (C=O) groups is 1. The quantitative estimate of drug-likeness (QED) is 0.751. The molecule has 0 saturated carbocycles. The highest BCUT2D eigenvalue weighted by molar-refractivity contribution is 6.38. The van der Waals surface area contributed by atoms with Crippen molar-refractivity contribution in [1.82, 2.24) is 15.2 Å². The van der Waals surface area contributed by atoms with E-state index in [1.807, 2.05) is 0 Å². The summed E-state index contributed by atoms with van der Waals surface area (Å²) in [5.41, 5.74) is 1.13. The Hall–Kier alpha value is -1.62. The molecule has 2 heterocycles. The van der Waals surface area contributed by atoms with E-state index >= 15 is 0 Å². The van der Waals surface area contributed by atoms with E-state index in [-0.39, 0.29) is 10.6 Å². The van der Waals surface area contributed by atoms with Gasteiger partial charge in [0.25, 0.3) is 0 Å². The molecule has 72 valence electrons. The average molecular weight is 212 g/mol. The lowest BCUT2D eigenvalue weighted by Crippen LogP contribution is -1.98. The van der Waals surface area contributed by atoms with Gasteiger partial charge in [-0.2, -0.15) is 5.10 Å². The van der Waals surface area contributed by atoms with E-state index in [4.69, 9.17) is 16.7 Å². The Balaban J connectivity index is 2.86. The van der Waals surface area contributed by atoms with Crippen LogP contribution in [0, 0.1) is 6.92 Å². The summed E-state index contributed by atoms with van der Waals surface area (Å²) >= 11 is 5.90. The second-order valence-electron chi connectivity index (χ2n) is 2.84. The van der Waals surface area contributed by atoms with Crippen LogP contribution in [0.15, 0.2) is 6.20 Å². The van der Waals surface area contributed by atoms with E-state index in [9.17, 15) is 4.79 Å². The summed E-state index contributed by atoms with van der Waals surface area (Å²) in [5.74, 6) is -1.09. The SMILES string of the molecule is Cc1[nH]nc2ncc(C(=O)O)c(Cl)c12. The predicted molar refractivity (Wildman–Crippen MR) is 50.6 cm³/mol. The van der Waals surface area contributed by atoms with Crippen molar-refractivity contribution >= 4 is 28.6 Å². The molecular formula is C8H6ClN3O2. The maximum atomic E-state index is 10.7. The number of aromatic nitrogens is 3. The third-order valence-electron chi connectivity index (χ3n) is 1.93. The smallest absolute Gasteiger partial charge is 0.338 e. The zero-order chi connectivity index (χ0) is 10.3. The largest absolute Gasteiger partial charge is 0.478 e. The van der Waals surface area contributed by atoms with E-state index in [1.165, 1.54) is 6.20 Å². The van der Waals surface area contributed by atoms with Crippen LogP contribution in [0.4, 0.5) is 0 Å². The van der Waals surface area contributed by atoms with E-state index in [1.54, 1.807) is 6.92 Å². The number of fused-ring (bicyclic) bond motifs is 1. The zero-order valence-electron chi connectivity index (χ0n) is 7.21. The molecule has 0 saturated heterocycles. The minimum atomic E-state index is -1.09. The van der Waals surface area contributed by atoms with E-state index in [0.29, 0.717) is 16.7 Å². The van der Waals surface area contributed by atoms with Crippen LogP contribution in [0.2, 0.25) is 5.02 Å². The molecule has 0 radical (unpaired) electrons. The molecule has 2 rings (SSSR count). The van der Waals surface area contributed by atoms with E-state index in [0.717, 1.165) is 0 Å². The first-order valence-electron chi connectivity index (χ1n) is 3.83. The standard InChI is InChI=1S/C8H6ClN3O2/c1-3-5-6(9)4(8(13)14)2-10-7(5)12-11-3/h2H,1H3,(H,13,14)(H,10,11,12). The summed E-state index contributed by atoms with van der Waals surface area (Å²) in [4.78, 5) is 14.6. The van der Waals surface area contributed by atoms with Crippen molar-refractivity contribution in [2.75, 3.05) is 0 Å². The minimum absolute atomic E-state index is 0.0105. The lowest BCUT2D eigenvalue weighted by atomic mass is 10.2. The number of carboxylic acid groups (broad SMARTS) is 1. The van der Waals surface area contributed by atoms with Crippen molar-refractivity contribution in [2.24, 2.45) is 0 Å². The second kappa shape index (κ2) is 2.95. The van der Waals surface area contributed by atoms with Gasteiger partial charge < -0.3 is 5.11 Å². The fourth-order valence-electron chi connectivity index (χ4n) is 1.24. The van der Waals surface area contributed by atoms with Gasteiger partial charge in [-0.25, -0.2) is 9.78 Å². The third-order valence-corrected chi connectivity index (χ3v) is 2.32. The van der Waals surface area contributed by atoms with Gasteiger partial charge in [0, 0.05) is 11.9 Å². The highest BCUT2D eigenvalue weighted by Gasteiger charge is 2.15. The number of nitrogens with one attached hydrogen (secondary N) is 1. The molecule has 14 heavy (non-hydrogen) atoms. The number of pyridine rings is 1. The maximum absolute atomic E-state index is 10.7. The van der Waals surface area contributed by atoms with Crippen LogP contribution in [-0.2, 0) is 0 Å². The van der Waals surface area contributed by atoms with Gasteiger partial charge in [-0.3, -0.25) is 5.10 Å². The summed E-state index contributed by atoms with van der Waals surface area (Å²) in [6.07, 6.45) is 1.20. The van der Waals surface area contributed by atoms with Gasteiger partial charge in [0.1, 0.15) is 0 Å². The topological polar surface area (TPSA) is 78.9 Å². The first-order valence-corrected chi connectivity index (χ1v) is 4.21. The van der Waals surface area contributed by atoms with Crippen LogP contribution in [0.25, 0.3) is 11.0 Å². The molecule has 0 spiro atoms. The van der Waals surface area contributed by atoms with Gasteiger partial charge in [0.05, 0.1) is 16.0 Å². The first-order chi connectivity index (χ1) is 6.61. The van der Waals surface area contributed by atoms with Gasteiger partial charge in [0.15, 0.2) is 5.65 Å². The highest BCUT2D eigenvalue weighted by atomic mass is 35.5. The number of aromatic carboxylic acids is 1. The van der Waals surface area contributed by atoms with Crippen LogP contribution in [0.5, 0.6) is 0 Å². The molecule has 2 aromatic rings. The maximum Gasteiger partial charge on any atom is 0.338 e. The fraction of sp³-hybridized carbons (Fsp3) is 0.125. The number of hydrogen-bond donors (Lipinski definition) is 2. The van der Waals surface area contributed by atoms with Crippen molar-refractivity contribution in [1.29, 1.82) is 0 Å². The molecule has 2 N–H and O–H groups in total. The van der Waals surface area contributed by atoms with E-state index in [2.05, 4.69) is 15.2 Å². The lowest BCUT2D eigenvalue weighted by Gasteiger charge is -1.98. The molecule has 0 aromatic carbocycles. The number of hydrogen-bond acceptors (Lipinski definition) is 3. The third kappa shape index (κ3) is 1.13. The van der Waals surface area contributed by atoms with E-state index < -0.39 is 5.97 Å². The zero-order valence-corrected chi connectivity index (χ0v) is 7.96. The first kappa shape index (κ1) is 8.96. The predicted octanol–water partition coefficient (Wildman–Crippen LogP) is 1.62. The monoisotopic (exact) mass is 211 g/mol. The van der Waals surface area contributed by atoms with Crippen molar-refractivity contribution < 1.29 is 9.90 Å². The molecule has 0 aliphatic rings. The van der Waals surface area contributed by atoms with Crippen LogP contribution < -0.4 is 0 Å².